The quantitative estimate of drug-likeness (QED) is 0.754. The first-order valence-electron chi connectivity index (χ1n) is 9.73. The molecule has 2 saturated heterocycles. The fourth-order valence-corrected chi connectivity index (χ4v) is 4.28. The molecule has 2 aliphatic rings. The predicted octanol–water partition coefficient (Wildman–Crippen LogP) is 3.27. The van der Waals surface area contributed by atoms with Gasteiger partial charge in [0.25, 0.3) is 5.91 Å². The van der Waals surface area contributed by atoms with Gasteiger partial charge in [0.15, 0.2) is 0 Å². The minimum absolute atomic E-state index is 0.0167. The number of amides is 2. The summed E-state index contributed by atoms with van der Waals surface area (Å²) in [6.07, 6.45) is -3.85. The Labute approximate surface area is 172 Å². The van der Waals surface area contributed by atoms with E-state index >= 15 is 0 Å². The van der Waals surface area contributed by atoms with Crippen LogP contribution in [0.15, 0.2) is 54.6 Å². The number of carbonyl (C=O) groups is 2. The van der Waals surface area contributed by atoms with Gasteiger partial charge in [-0.1, -0.05) is 24.3 Å². The van der Waals surface area contributed by atoms with Gasteiger partial charge in [-0.25, -0.2) is 0 Å². The molecule has 0 aliphatic carbocycles. The number of nitrogens with zero attached hydrogens (tertiary/aromatic N) is 3. The van der Waals surface area contributed by atoms with Gasteiger partial charge in [0.05, 0.1) is 17.6 Å². The van der Waals surface area contributed by atoms with Crippen LogP contribution in [0.3, 0.4) is 0 Å². The second kappa shape index (κ2) is 7.43. The molecule has 2 aliphatic heterocycles. The van der Waals surface area contributed by atoms with E-state index in [4.69, 9.17) is 0 Å². The SMILES string of the molecule is CN1CC(=O)N(c2ccccc2)C[C@]12CCN(C(=O)c1cccc(C(F)(F)F)c1)C2. The van der Waals surface area contributed by atoms with Crippen molar-refractivity contribution in [1.29, 1.82) is 0 Å². The molecule has 0 N–H and O–H groups in total. The highest BCUT2D eigenvalue weighted by Gasteiger charge is 2.48. The van der Waals surface area contributed by atoms with Crippen molar-refractivity contribution >= 4 is 17.5 Å². The fourth-order valence-electron chi connectivity index (χ4n) is 4.28. The Morgan fingerprint density at radius 2 is 1.77 bits per heavy atom. The van der Waals surface area contributed by atoms with E-state index in [9.17, 15) is 22.8 Å². The average molecular weight is 417 g/mol. The summed E-state index contributed by atoms with van der Waals surface area (Å²) in [6.45, 7) is 1.44. The number of likely N-dealkylation sites (N-methyl/N-ethyl adjacent to an activating group) is 1. The van der Waals surface area contributed by atoms with Crippen molar-refractivity contribution in [2.75, 3.05) is 38.1 Å². The van der Waals surface area contributed by atoms with Crippen LogP contribution in [0, 0.1) is 0 Å². The van der Waals surface area contributed by atoms with E-state index in [1.165, 1.54) is 12.1 Å². The Morgan fingerprint density at radius 1 is 1.03 bits per heavy atom. The van der Waals surface area contributed by atoms with E-state index in [1.54, 1.807) is 9.80 Å². The number of hydrogen-bond donors (Lipinski definition) is 0. The number of halogens is 3. The van der Waals surface area contributed by atoms with E-state index in [2.05, 4.69) is 0 Å². The number of benzene rings is 2. The van der Waals surface area contributed by atoms with Crippen LogP contribution >= 0.6 is 0 Å². The number of alkyl halides is 3. The molecular weight excluding hydrogens is 395 g/mol. The summed E-state index contributed by atoms with van der Waals surface area (Å²) in [5.74, 6) is -0.438. The zero-order valence-corrected chi connectivity index (χ0v) is 16.5. The minimum atomic E-state index is -4.50. The maximum atomic E-state index is 13.0. The van der Waals surface area contributed by atoms with Crippen molar-refractivity contribution in [3.05, 3.63) is 65.7 Å². The highest BCUT2D eigenvalue weighted by atomic mass is 19.4. The van der Waals surface area contributed by atoms with Gasteiger partial charge in [0, 0.05) is 30.9 Å². The van der Waals surface area contributed by atoms with Crippen LogP contribution in [0.25, 0.3) is 0 Å². The van der Waals surface area contributed by atoms with Crippen LogP contribution in [0.4, 0.5) is 18.9 Å². The van der Waals surface area contributed by atoms with Gasteiger partial charge in [-0.2, -0.15) is 13.2 Å². The summed E-state index contributed by atoms with van der Waals surface area (Å²) in [5.41, 5.74) is -0.437. The number of piperazine rings is 1. The summed E-state index contributed by atoms with van der Waals surface area (Å²) < 4.78 is 39.1. The standard InChI is InChI=1S/C22H22F3N3O2/c1-26-13-19(29)28(18-8-3-2-4-9-18)15-21(26)10-11-27(14-21)20(30)16-6-5-7-17(12-16)22(23,24)25/h2-9,12H,10-11,13-15H2,1H3/t21-/m1/s1. The van der Waals surface area contributed by atoms with Gasteiger partial charge in [0.2, 0.25) is 5.91 Å². The summed E-state index contributed by atoms with van der Waals surface area (Å²) >= 11 is 0. The normalized spacial score (nSPS) is 22.7. The monoisotopic (exact) mass is 417 g/mol. The number of rotatable bonds is 2. The first kappa shape index (κ1) is 20.4. The zero-order valence-electron chi connectivity index (χ0n) is 16.5. The number of likely N-dealkylation sites (tertiary alicyclic amines) is 1. The topological polar surface area (TPSA) is 43.9 Å². The van der Waals surface area contributed by atoms with Crippen LogP contribution < -0.4 is 4.90 Å². The van der Waals surface area contributed by atoms with Crippen LogP contribution in [0.2, 0.25) is 0 Å². The predicted molar refractivity (Wildman–Crippen MR) is 106 cm³/mol. The summed E-state index contributed by atoms with van der Waals surface area (Å²) in [5, 5.41) is 0. The highest BCUT2D eigenvalue weighted by Crippen LogP contribution is 2.35. The van der Waals surface area contributed by atoms with Crippen LogP contribution in [-0.4, -0.2) is 60.4 Å². The van der Waals surface area contributed by atoms with E-state index in [-0.39, 0.29) is 18.0 Å². The molecule has 2 aromatic carbocycles. The maximum Gasteiger partial charge on any atom is 0.416 e. The smallest absolute Gasteiger partial charge is 0.337 e. The molecular formula is C22H22F3N3O2. The molecule has 8 heteroatoms. The summed E-state index contributed by atoms with van der Waals surface area (Å²) in [4.78, 5) is 30.8. The molecule has 1 spiro atoms. The fraction of sp³-hybridized carbons (Fsp3) is 0.364. The van der Waals surface area contributed by atoms with Crippen molar-refractivity contribution in [2.24, 2.45) is 0 Å². The molecule has 30 heavy (non-hydrogen) atoms. The first-order chi connectivity index (χ1) is 14.2. The molecule has 0 unspecified atom stereocenters. The molecule has 0 aromatic heterocycles. The van der Waals surface area contributed by atoms with E-state index < -0.39 is 23.2 Å². The van der Waals surface area contributed by atoms with Gasteiger partial charge in [-0.3, -0.25) is 14.5 Å². The van der Waals surface area contributed by atoms with E-state index in [0.717, 1.165) is 17.8 Å². The molecule has 5 nitrogen and oxygen atoms in total. The van der Waals surface area contributed by atoms with Crippen molar-refractivity contribution < 1.29 is 22.8 Å². The molecule has 2 aromatic rings. The Balaban J connectivity index is 1.55. The number of hydrogen-bond acceptors (Lipinski definition) is 3. The zero-order chi connectivity index (χ0) is 21.5. The Hall–Kier alpha value is -2.87. The molecule has 2 amide bonds. The average Bonchev–Trinajstić information content (AvgIpc) is 3.16. The van der Waals surface area contributed by atoms with E-state index in [1.807, 2.05) is 42.3 Å². The number of para-hydroxylation sites is 1. The number of carbonyl (C=O) groups excluding carboxylic acids is 2. The third kappa shape index (κ3) is 3.67. The van der Waals surface area contributed by atoms with Crippen molar-refractivity contribution in [3.8, 4) is 0 Å². The molecule has 2 fully saturated rings. The van der Waals surface area contributed by atoms with Gasteiger partial charge in [0.1, 0.15) is 0 Å². The molecule has 1 atom stereocenters. The summed E-state index contributed by atoms with van der Waals surface area (Å²) in [6, 6.07) is 13.9. The second-order valence-corrected chi connectivity index (χ2v) is 7.95. The van der Waals surface area contributed by atoms with Crippen LogP contribution in [0.1, 0.15) is 22.3 Å². The maximum absolute atomic E-state index is 13.0. The Kier molecular flexibility index (Phi) is 5.05. The number of anilines is 1. The van der Waals surface area contributed by atoms with Crippen molar-refractivity contribution in [3.63, 3.8) is 0 Å². The van der Waals surface area contributed by atoms with Crippen LogP contribution in [0.5, 0.6) is 0 Å². The molecule has 4 rings (SSSR count). The Morgan fingerprint density at radius 3 is 2.47 bits per heavy atom. The van der Waals surface area contributed by atoms with Crippen molar-refractivity contribution in [1.82, 2.24) is 9.80 Å². The molecule has 0 bridgehead atoms. The first-order valence-corrected chi connectivity index (χ1v) is 9.73. The van der Waals surface area contributed by atoms with Crippen LogP contribution in [-0.2, 0) is 11.0 Å². The molecule has 158 valence electrons. The lowest BCUT2D eigenvalue weighted by atomic mass is 9.92. The van der Waals surface area contributed by atoms with E-state index in [0.29, 0.717) is 26.1 Å². The lowest BCUT2D eigenvalue weighted by Gasteiger charge is -2.46. The highest BCUT2D eigenvalue weighted by molar-refractivity contribution is 5.97. The third-order valence-corrected chi connectivity index (χ3v) is 6.06. The lowest BCUT2D eigenvalue weighted by Crippen LogP contribution is -2.64. The van der Waals surface area contributed by atoms with Crippen molar-refractivity contribution in [2.45, 2.75) is 18.1 Å². The minimum Gasteiger partial charge on any atom is -0.337 e. The van der Waals surface area contributed by atoms with Gasteiger partial charge in [-0.05, 0) is 43.8 Å². The molecule has 2 heterocycles. The lowest BCUT2D eigenvalue weighted by molar-refractivity contribution is -0.137. The van der Waals surface area contributed by atoms with Gasteiger partial charge >= 0.3 is 6.18 Å². The summed E-state index contributed by atoms with van der Waals surface area (Å²) in [7, 11) is 1.86. The molecule has 0 saturated carbocycles. The Bertz CT molecular complexity index is 964. The van der Waals surface area contributed by atoms with Gasteiger partial charge < -0.3 is 9.80 Å². The molecule has 0 radical (unpaired) electrons. The second-order valence-electron chi connectivity index (χ2n) is 7.95. The third-order valence-electron chi connectivity index (χ3n) is 6.06. The van der Waals surface area contributed by atoms with Gasteiger partial charge in [-0.15, -0.1) is 0 Å². The largest absolute Gasteiger partial charge is 0.416 e.